The van der Waals surface area contributed by atoms with Crippen LogP contribution in [0, 0.1) is 6.92 Å². The van der Waals surface area contributed by atoms with Gasteiger partial charge in [0.1, 0.15) is 17.7 Å². The average molecular weight is 408 g/mol. The molecule has 2 aliphatic rings. The van der Waals surface area contributed by atoms with E-state index in [-0.39, 0.29) is 12.0 Å². The Morgan fingerprint density at radius 3 is 2.66 bits per heavy atom. The van der Waals surface area contributed by atoms with E-state index in [4.69, 9.17) is 4.74 Å². The van der Waals surface area contributed by atoms with Crippen LogP contribution in [-0.4, -0.2) is 41.4 Å². The molecule has 0 aliphatic carbocycles. The Morgan fingerprint density at radius 1 is 1.24 bits per heavy atom. The van der Waals surface area contributed by atoms with Gasteiger partial charge in [-0.2, -0.15) is 0 Å². The van der Waals surface area contributed by atoms with Gasteiger partial charge in [-0.1, -0.05) is 0 Å². The maximum absolute atomic E-state index is 12.2. The number of ether oxygens (including phenoxy) is 2. The Balaban J connectivity index is 1.35. The first-order chi connectivity index (χ1) is 13.8. The Hall–Kier alpha value is -3.04. The lowest BCUT2D eigenvalue weighted by molar-refractivity contribution is -0.276. The standard InChI is InChI=1S/C19H19F3N4O3/c1-11-8-14-15(10-24-18(14)27)25-17(11)26-6-4-12(5-7-26)28-13-2-3-16(23-9-13)29-19(20,21)22/h2-3,8-9,12H,4-7,10H2,1H3,(H,24,27). The van der Waals surface area contributed by atoms with Crippen LogP contribution in [0.1, 0.15) is 34.5 Å². The second-order valence-corrected chi connectivity index (χ2v) is 6.99. The molecule has 1 saturated heterocycles. The number of hydrogen-bond donors (Lipinski definition) is 1. The Kier molecular flexibility index (Phi) is 4.93. The number of nitrogens with one attached hydrogen (secondary N) is 1. The molecule has 1 fully saturated rings. The summed E-state index contributed by atoms with van der Waals surface area (Å²) in [5.41, 5.74) is 2.35. The molecule has 154 valence electrons. The number of carbonyl (C=O) groups is 1. The first-order valence-electron chi connectivity index (χ1n) is 9.20. The van der Waals surface area contributed by atoms with Gasteiger partial charge in [-0.05, 0) is 24.6 Å². The van der Waals surface area contributed by atoms with Gasteiger partial charge in [-0.25, -0.2) is 9.97 Å². The Bertz CT molecular complexity index is 910. The lowest BCUT2D eigenvalue weighted by atomic mass is 10.1. The number of pyridine rings is 2. The van der Waals surface area contributed by atoms with Crippen molar-refractivity contribution in [2.45, 2.75) is 38.8 Å². The lowest BCUT2D eigenvalue weighted by Gasteiger charge is -2.33. The van der Waals surface area contributed by atoms with Gasteiger partial charge < -0.3 is 19.7 Å². The van der Waals surface area contributed by atoms with Crippen LogP contribution in [0.2, 0.25) is 0 Å². The van der Waals surface area contributed by atoms with E-state index in [0.29, 0.717) is 17.9 Å². The Labute approximate surface area is 164 Å². The van der Waals surface area contributed by atoms with Crippen LogP contribution < -0.4 is 19.7 Å². The number of aryl methyl sites for hydroxylation is 1. The van der Waals surface area contributed by atoms with E-state index in [1.54, 1.807) is 0 Å². The van der Waals surface area contributed by atoms with Crippen molar-refractivity contribution in [3.05, 3.63) is 41.2 Å². The molecule has 7 nitrogen and oxygen atoms in total. The topological polar surface area (TPSA) is 76.6 Å². The highest BCUT2D eigenvalue weighted by Gasteiger charge is 2.32. The molecule has 4 rings (SSSR count). The van der Waals surface area contributed by atoms with Crippen molar-refractivity contribution in [1.29, 1.82) is 0 Å². The highest BCUT2D eigenvalue weighted by atomic mass is 19.4. The van der Waals surface area contributed by atoms with Crippen molar-refractivity contribution in [2.75, 3.05) is 18.0 Å². The zero-order valence-corrected chi connectivity index (χ0v) is 15.6. The highest BCUT2D eigenvalue weighted by Crippen LogP contribution is 2.28. The van der Waals surface area contributed by atoms with Crippen molar-refractivity contribution < 1.29 is 27.4 Å². The molecule has 0 saturated carbocycles. The number of amides is 1. The van der Waals surface area contributed by atoms with Crippen molar-refractivity contribution in [3.63, 3.8) is 0 Å². The normalized spacial score (nSPS) is 17.1. The minimum absolute atomic E-state index is 0.0691. The molecule has 0 spiro atoms. The fourth-order valence-electron chi connectivity index (χ4n) is 3.54. The molecular weight excluding hydrogens is 389 g/mol. The molecule has 0 bridgehead atoms. The first-order valence-corrected chi connectivity index (χ1v) is 9.20. The van der Waals surface area contributed by atoms with Gasteiger partial charge in [-0.15, -0.1) is 13.2 Å². The summed E-state index contributed by atoms with van der Waals surface area (Å²) >= 11 is 0. The third-order valence-electron chi connectivity index (χ3n) is 4.90. The van der Waals surface area contributed by atoms with Gasteiger partial charge in [0.05, 0.1) is 24.0 Å². The maximum Gasteiger partial charge on any atom is 0.574 e. The molecule has 0 atom stereocenters. The zero-order chi connectivity index (χ0) is 20.6. The summed E-state index contributed by atoms with van der Waals surface area (Å²) in [5, 5.41) is 2.78. The summed E-state index contributed by atoms with van der Waals surface area (Å²) in [6.07, 6.45) is -2.15. The van der Waals surface area contributed by atoms with E-state index in [1.807, 2.05) is 13.0 Å². The molecule has 0 aromatic carbocycles. The van der Waals surface area contributed by atoms with Crippen molar-refractivity contribution >= 4 is 11.7 Å². The minimum Gasteiger partial charge on any atom is -0.489 e. The fourth-order valence-corrected chi connectivity index (χ4v) is 3.54. The van der Waals surface area contributed by atoms with Gasteiger partial charge >= 0.3 is 6.36 Å². The summed E-state index contributed by atoms with van der Waals surface area (Å²) in [6, 6.07) is 4.42. The largest absolute Gasteiger partial charge is 0.574 e. The predicted octanol–water partition coefficient (Wildman–Crippen LogP) is 2.97. The number of piperidine rings is 1. The molecule has 10 heteroatoms. The third kappa shape index (κ3) is 4.36. The second kappa shape index (κ2) is 7.41. The number of hydrogen-bond acceptors (Lipinski definition) is 6. The summed E-state index contributed by atoms with van der Waals surface area (Å²) in [6.45, 7) is 3.83. The summed E-state index contributed by atoms with van der Waals surface area (Å²) in [4.78, 5) is 22.2. The summed E-state index contributed by atoms with van der Waals surface area (Å²) < 4.78 is 46.2. The van der Waals surface area contributed by atoms with Crippen molar-refractivity contribution in [1.82, 2.24) is 15.3 Å². The Morgan fingerprint density at radius 2 is 2.00 bits per heavy atom. The molecular formula is C19H19F3N4O3. The molecule has 0 radical (unpaired) electrons. The number of aromatic nitrogens is 2. The van der Waals surface area contributed by atoms with Gasteiger partial charge in [0.15, 0.2) is 0 Å². The van der Waals surface area contributed by atoms with E-state index in [1.165, 1.54) is 12.3 Å². The van der Waals surface area contributed by atoms with Crippen LogP contribution in [0.3, 0.4) is 0 Å². The van der Waals surface area contributed by atoms with E-state index < -0.39 is 12.2 Å². The smallest absolute Gasteiger partial charge is 0.489 e. The molecule has 4 heterocycles. The SMILES string of the molecule is Cc1cc2c(nc1N1CCC(Oc3ccc(OC(F)(F)F)nc3)CC1)CNC2=O. The second-order valence-electron chi connectivity index (χ2n) is 6.99. The average Bonchev–Trinajstić information content (AvgIpc) is 3.02. The van der Waals surface area contributed by atoms with Crippen LogP contribution >= 0.6 is 0 Å². The summed E-state index contributed by atoms with van der Waals surface area (Å²) in [7, 11) is 0. The summed E-state index contributed by atoms with van der Waals surface area (Å²) in [5.74, 6) is 0.656. The van der Waals surface area contributed by atoms with Gasteiger partial charge in [0, 0.05) is 32.0 Å². The van der Waals surface area contributed by atoms with Gasteiger partial charge in [0.25, 0.3) is 5.91 Å². The van der Waals surface area contributed by atoms with Gasteiger partial charge in [-0.3, -0.25) is 4.79 Å². The number of nitrogens with zero attached hydrogens (tertiary/aromatic N) is 3. The predicted molar refractivity (Wildman–Crippen MR) is 96.9 cm³/mol. The molecule has 2 aliphatic heterocycles. The van der Waals surface area contributed by atoms with Crippen LogP contribution in [-0.2, 0) is 6.54 Å². The molecule has 0 unspecified atom stereocenters. The van der Waals surface area contributed by atoms with Crippen LogP contribution in [0.15, 0.2) is 24.4 Å². The number of rotatable bonds is 4. The van der Waals surface area contributed by atoms with Gasteiger partial charge in [0.2, 0.25) is 5.88 Å². The molecule has 1 amide bonds. The van der Waals surface area contributed by atoms with E-state index in [9.17, 15) is 18.0 Å². The number of halogens is 3. The van der Waals surface area contributed by atoms with E-state index >= 15 is 0 Å². The van der Waals surface area contributed by atoms with E-state index in [0.717, 1.165) is 49.1 Å². The number of anilines is 1. The monoisotopic (exact) mass is 408 g/mol. The van der Waals surface area contributed by atoms with Crippen molar-refractivity contribution in [3.8, 4) is 11.6 Å². The molecule has 2 aromatic rings. The first kappa shape index (κ1) is 19.3. The van der Waals surface area contributed by atoms with Crippen LogP contribution in [0.5, 0.6) is 11.6 Å². The fraction of sp³-hybridized carbons (Fsp3) is 0.421. The van der Waals surface area contributed by atoms with E-state index in [2.05, 4.69) is 24.9 Å². The third-order valence-corrected chi connectivity index (χ3v) is 4.90. The minimum atomic E-state index is -4.77. The van der Waals surface area contributed by atoms with Crippen LogP contribution in [0.4, 0.5) is 19.0 Å². The number of fused-ring (bicyclic) bond motifs is 1. The lowest BCUT2D eigenvalue weighted by Crippen LogP contribution is -2.39. The molecule has 1 N–H and O–H groups in total. The number of carbonyl (C=O) groups excluding carboxylic acids is 1. The van der Waals surface area contributed by atoms with Crippen LogP contribution in [0.25, 0.3) is 0 Å². The quantitative estimate of drug-likeness (QED) is 0.838. The number of alkyl halides is 3. The molecule has 2 aromatic heterocycles. The maximum atomic E-state index is 12.2. The van der Waals surface area contributed by atoms with Crippen molar-refractivity contribution in [2.24, 2.45) is 0 Å². The molecule has 29 heavy (non-hydrogen) atoms. The highest BCUT2D eigenvalue weighted by molar-refractivity contribution is 5.98. The zero-order valence-electron chi connectivity index (χ0n) is 15.6.